The highest BCUT2D eigenvalue weighted by Crippen LogP contribution is 2.22. The van der Waals surface area contributed by atoms with Crippen LogP contribution in [0.2, 0.25) is 10.0 Å². The number of amides is 1. The van der Waals surface area contributed by atoms with Gasteiger partial charge in [0.15, 0.2) is 0 Å². The second-order valence-corrected chi connectivity index (χ2v) is 6.03. The van der Waals surface area contributed by atoms with Gasteiger partial charge < -0.3 is 11.1 Å². The van der Waals surface area contributed by atoms with Crippen LogP contribution in [-0.4, -0.2) is 11.9 Å². The van der Waals surface area contributed by atoms with Crippen LogP contribution < -0.4 is 11.1 Å². The molecule has 0 aliphatic heterocycles. The molecular weight excluding hydrogens is 319 g/mol. The van der Waals surface area contributed by atoms with Crippen LogP contribution in [0.25, 0.3) is 0 Å². The third-order valence-electron chi connectivity index (χ3n) is 3.45. The lowest BCUT2D eigenvalue weighted by Crippen LogP contribution is -2.43. The van der Waals surface area contributed by atoms with Crippen LogP contribution in [0.5, 0.6) is 0 Å². The Morgan fingerprint density at radius 2 is 1.86 bits per heavy atom. The minimum absolute atomic E-state index is 0.0968. The summed E-state index contributed by atoms with van der Waals surface area (Å²) < 4.78 is 0. The van der Waals surface area contributed by atoms with Crippen molar-refractivity contribution in [1.29, 1.82) is 0 Å². The van der Waals surface area contributed by atoms with Crippen molar-refractivity contribution < 1.29 is 4.79 Å². The van der Waals surface area contributed by atoms with Crippen LogP contribution in [-0.2, 0) is 11.2 Å². The lowest BCUT2D eigenvalue weighted by Gasteiger charge is -2.18. The lowest BCUT2D eigenvalue weighted by molar-refractivity contribution is -0.123. The van der Waals surface area contributed by atoms with Gasteiger partial charge in [-0.2, -0.15) is 0 Å². The Bertz CT molecular complexity index is 646. The molecule has 0 heterocycles. The van der Waals surface area contributed by atoms with Crippen LogP contribution >= 0.6 is 23.2 Å². The van der Waals surface area contributed by atoms with E-state index < -0.39 is 6.04 Å². The minimum Gasteiger partial charge on any atom is -0.348 e. The molecule has 2 aromatic rings. The molecule has 0 aliphatic rings. The van der Waals surface area contributed by atoms with Gasteiger partial charge in [-0.1, -0.05) is 59.6 Å². The minimum atomic E-state index is -0.662. The fourth-order valence-corrected chi connectivity index (χ4v) is 2.65. The molecule has 0 aliphatic carbocycles. The SMILES string of the molecule is C[C@H](NC(=O)[C@H](N)Cc1ccc(Cl)cc1Cl)c1ccccc1. The van der Waals surface area contributed by atoms with E-state index in [1.807, 2.05) is 37.3 Å². The predicted octanol–water partition coefficient (Wildman–Crippen LogP) is 3.74. The van der Waals surface area contributed by atoms with Crippen molar-refractivity contribution in [2.75, 3.05) is 0 Å². The maximum atomic E-state index is 12.2. The molecule has 1 amide bonds. The first kappa shape index (κ1) is 16.8. The average Bonchev–Trinajstić information content (AvgIpc) is 2.50. The second kappa shape index (κ2) is 7.63. The molecule has 2 atom stereocenters. The van der Waals surface area contributed by atoms with Gasteiger partial charge in [-0.25, -0.2) is 0 Å². The maximum absolute atomic E-state index is 12.2. The van der Waals surface area contributed by atoms with E-state index in [-0.39, 0.29) is 11.9 Å². The third kappa shape index (κ3) is 4.47. The van der Waals surface area contributed by atoms with Crippen molar-refractivity contribution >= 4 is 29.1 Å². The Morgan fingerprint density at radius 3 is 2.50 bits per heavy atom. The lowest BCUT2D eigenvalue weighted by atomic mass is 10.0. The Labute approximate surface area is 140 Å². The number of nitrogens with two attached hydrogens (primary N) is 1. The van der Waals surface area contributed by atoms with Gasteiger partial charge in [-0.05, 0) is 36.6 Å². The van der Waals surface area contributed by atoms with Crippen LogP contribution in [0.15, 0.2) is 48.5 Å². The zero-order valence-corrected chi connectivity index (χ0v) is 13.7. The smallest absolute Gasteiger partial charge is 0.237 e. The van der Waals surface area contributed by atoms with E-state index in [0.29, 0.717) is 16.5 Å². The molecule has 2 rings (SSSR count). The van der Waals surface area contributed by atoms with Crippen molar-refractivity contribution in [1.82, 2.24) is 5.32 Å². The summed E-state index contributed by atoms with van der Waals surface area (Å²) in [5.74, 6) is -0.206. The molecular formula is C17H18Cl2N2O. The van der Waals surface area contributed by atoms with Gasteiger partial charge in [0.2, 0.25) is 5.91 Å². The highest BCUT2D eigenvalue weighted by atomic mass is 35.5. The topological polar surface area (TPSA) is 55.1 Å². The molecule has 5 heteroatoms. The zero-order chi connectivity index (χ0) is 16.1. The van der Waals surface area contributed by atoms with Gasteiger partial charge in [-0.15, -0.1) is 0 Å². The molecule has 0 spiro atoms. The van der Waals surface area contributed by atoms with Gasteiger partial charge in [0.25, 0.3) is 0 Å². The van der Waals surface area contributed by atoms with Crippen molar-refractivity contribution in [3.63, 3.8) is 0 Å². The number of hydrogen-bond acceptors (Lipinski definition) is 2. The summed E-state index contributed by atoms with van der Waals surface area (Å²) in [6.07, 6.45) is 0.364. The summed E-state index contributed by atoms with van der Waals surface area (Å²) in [4.78, 5) is 12.2. The number of benzene rings is 2. The van der Waals surface area contributed by atoms with E-state index >= 15 is 0 Å². The van der Waals surface area contributed by atoms with Crippen LogP contribution in [0.1, 0.15) is 24.1 Å². The largest absolute Gasteiger partial charge is 0.348 e. The van der Waals surface area contributed by atoms with Gasteiger partial charge >= 0.3 is 0 Å². The van der Waals surface area contributed by atoms with Gasteiger partial charge in [0, 0.05) is 10.0 Å². The first-order valence-corrected chi connectivity index (χ1v) is 7.78. The first-order chi connectivity index (χ1) is 10.5. The standard InChI is InChI=1S/C17H18Cl2N2O/c1-11(12-5-3-2-4-6-12)21-17(22)16(20)9-13-7-8-14(18)10-15(13)19/h2-8,10-11,16H,9,20H2,1H3,(H,21,22)/t11-,16+/m0/s1. The Balaban J connectivity index is 1.97. The summed E-state index contributed by atoms with van der Waals surface area (Å²) in [7, 11) is 0. The molecule has 0 saturated carbocycles. The van der Waals surface area contributed by atoms with E-state index in [1.54, 1.807) is 18.2 Å². The molecule has 0 radical (unpaired) electrons. The fraction of sp³-hybridized carbons (Fsp3) is 0.235. The molecule has 22 heavy (non-hydrogen) atoms. The van der Waals surface area contributed by atoms with Gasteiger partial charge in [-0.3, -0.25) is 4.79 Å². The van der Waals surface area contributed by atoms with E-state index in [4.69, 9.17) is 28.9 Å². The summed E-state index contributed by atoms with van der Waals surface area (Å²) in [6.45, 7) is 1.93. The van der Waals surface area contributed by atoms with Gasteiger partial charge in [0.1, 0.15) is 0 Å². The maximum Gasteiger partial charge on any atom is 0.237 e. The number of hydrogen-bond donors (Lipinski definition) is 2. The summed E-state index contributed by atoms with van der Waals surface area (Å²) >= 11 is 12.0. The van der Waals surface area contributed by atoms with Crippen molar-refractivity contribution in [3.05, 3.63) is 69.7 Å². The van der Waals surface area contributed by atoms with E-state index in [0.717, 1.165) is 11.1 Å². The highest BCUT2D eigenvalue weighted by molar-refractivity contribution is 6.35. The van der Waals surface area contributed by atoms with E-state index in [9.17, 15) is 4.79 Å². The Morgan fingerprint density at radius 1 is 1.18 bits per heavy atom. The predicted molar refractivity (Wildman–Crippen MR) is 91.1 cm³/mol. The number of carbonyl (C=O) groups excluding carboxylic acids is 1. The average molecular weight is 337 g/mol. The molecule has 116 valence electrons. The highest BCUT2D eigenvalue weighted by Gasteiger charge is 2.18. The molecule has 3 nitrogen and oxygen atoms in total. The Hall–Kier alpha value is -1.55. The monoisotopic (exact) mass is 336 g/mol. The molecule has 0 bridgehead atoms. The number of carbonyl (C=O) groups is 1. The van der Waals surface area contributed by atoms with Crippen LogP contribution in [0.4, 0.5) is 0 Å². The van der Waals surface area contributed by atoms with E-state index in [2.05, 4.69) is 5.32 Å². The Kier molecular flexibility index (Phi) is 5.83. The molecule has 2 aromatic carbocycles. The normalized spacial score (nSPS) is 13.5. The summed E-state index contributed by atoms with van der Waals surface area (Å²) in [5, 5.41) is 3.99. The van der Waals surface area contributed by atoms with E-state index in [1.165, 1.54) is 0 Å². The van der Waals surface area contributed by atoms with Crippen molar-refractivity contribution in [3.8, 4) is 0 Å². The molecule has 0 saturated heterocycles. The third-order valence-corrected chi connectivity index (χ3v) is 4.04. The second-order valence-electron chi connectivity index (χ2n) is 5.19. The van der Waals surface area contributed by atoms with Gasteiger partial charge in [0.05, 0.1) is 12.1 Å². The molecule has 0 unspecified atom stereocenters. The van der Waals surface area contributed by atoms with Crippen molar-refractivity contribution in [2.24, 2.45) is 5.73 Å². The fourth-order valence-electron chi connectivity index (χ4n) is 2.16. The van der Waals surface area contributed by atoms with Crippen LogP contribution in [0, 0.1) is 0 Å². The molecule has 0 aromatic heterocycles. The molecule has 0 fully saturated rings. The van der Waals surface area contributed by atoms with Crippen LogP contribution in [0.3, 0.4) is 0 Å². The summed E-state index contributed by atoms with van der Waals surface area (Å²) in [6, 6.07) is 14.2. The number of nitrogens with one attached hydrogen (secondary N) is 1. The van der Waals surface area contributed by atoms with Crippen molar-refractivity contribution in [2.45, 2.75) is 25.4 Å². The number of rotatable bonds is 5. The number of halogens is 2. The summed E-state index contributed by atoms with van der Waals surface area (Å²) in [5.41, 5.74) is 7.82. The quantitative estimate of drug-likeness (QED) is 0.873. The molecule has 3 N–H and O–H groups in total. The zero-order valence-electron chi connectivity index (χ0n) is 12.2. The first-order valence-electron chi connectivity index (χ1n) is 7.02.